The summed E-state index contributed by atoms with van der Waals surface area (Å²) in [5.41, 5.74) is 5.52. The van der Waals surface area contributed by atoms with Crippen LogP contribution in [0.2, 0.25) is 0 Å². The molecule has 4 nitrogen and oxygen atoms in total. The van der Waals surface area contributed by atoms with Crippen LogP contribution in [-0.2, 0) is 6.42 Å². The number of rotatable bonds is 2. The normalized spacial score (nSPS) is 10.2. The first-order valence-corrected chi connectivity index (χ1v) is 4.68. The number of nitrogen functional groups attached to an aromatic ring is 1. The van der Waals surface area contributed by atoms with Crippen LogP contribution in [-0.4, -0.2) is 15.0 Å². The lowest BCUT2D eigenvalue weighted by atomic mass is 10.4. The highest BCUT2D eigenvalue weighted by Crippen LogP contribution is 2.08. The van der Waals surface area contributed by atoms with E-state index < -0.39 is 0 Å². The minimum absolute atomic E-state index is 0.501. The van der Waals surface area contributed by atoms with Crippen LogP contribution in [0.25, 0.3) is 0 Å². The van der Waals surface area contributed by atoms with Crippen LogP contribution in [0.3, 0.4) is 0 Å². The van der Waals surface area contributed by atoms with Gasteiger partial charge in [0, 0.05) is 17.8 Å². The summed E-state index contributed by atoms with van der Waals surface area (Å²) in [4.78, 5) is 12.3. The summed E-state index contributed by atoms with van der Waals surface area (Å²) in [6, 6.07) is 1.67. The van der Waals surface area contributed by atoms with E-state index in [9.17, 15) is 0 Å². The molecule has 0 saturated heterocycles. The van der Waals surface area contributed by atoms with Gasteiger partial charge in [-0.2, -0.15) is 0 Å². The Balaban J connectivity index is 2.19. The highest BCUT2D eigenvalue weighted by Gasteiger charge is 2.00. The molecule has 0 spiro atoms. The maximum Gasteiger partial charge on any atom is 0.137 e. The third-order valence-electron chi connectivity index (χ3n) is 1.52. The largest absolute Gasteiger partial charge is 0.384 e. The summed E-state index contributed by atoms with van der Waals surface area (Å²) in [5, 5.41) is 2.94. The van der Waals surface area contributed by atoms with Crippen molar-refractivity contribution < 1.29 is 0 Å². The molecule has 5 heteroatoms. The molecule has 0 saturated carbocycles. The van der Waals surface area contributed by atoms with Gasteiger partial charge < -0.3 is 5.73 Å². The van der Waals surface area contributed by atoms with Crippen molar-refractivity contribution in [3.8, 4) is 0 Å². The average molecular weight is 192 g/mol. The fourth-order valence-corrected chi connectivity index (χ4v) is 1.59. The predicted molar refractivity (Wildman–Crippen MR) is 51.4 cm³/mol. The highest BCUT2D eigenvalue weighted by molar-refractivity contribution is 7.09. The van der Waals surface area contributed by atoms with Gasteiger partial charge in [-0.15, -0.1) is 11.3 Å². The van der Waals surface area contributed by atoms with E-state index in [1.165, 1.54) is 0 Å². The molecule has 0 aromatic carbocycles. The number of nitrogens with zero attached hydrogens (tertiary/aromatic N) is 3. The van der Waals surface area contributed by atoms with Gasteiger partial charge in [-0.25, -0.2) is 15.0 Å². The predicted octanol–water partition coefficient (Wildman–Crippen LogP) is 1.11. The quantitative estimate of drug-likeness (QED) is 0.774. The molecular formula is C8H8N4S. The molecule has 0 fully saturated rings. The second-order valence-electron chi connectivity index (χ2n) is 2.50. The first kappa shape index (κ1) is 8.12. The zero-order valence-corrected chi connectivity index (χ0v) is 7.66. The van der Waals surface area contributed by atoms with Crippen molar-refractivity contribution in [1.82, 2.24) is 15.0 Å². The van der Waals surface area contributed by atoms with Crippen LogP contribution >= 0.6 is 11.3 Å². The molecule has 13 heavy (non-hydrogen) atoms. The third kappa shape index (κ3) is 2.00. The molecule has 0 bridgehead atoms. The van der Waals surface area contributed by atoms with Crippen LogP contribution in [0.4, 0.5) is 5.82 Å². The van der Waals surface area contributed by atoms with Gasteiger partial charge in [0.15, 0.2) is 0 Å². The summed E-state index contributed by atoms with van der Waals surface area (Å²) in [5.74, 6) is 1.22. The molecule has 0 unspecified atom stereocenters. The Morgan fingerprint density at radius 2 is 2.23 bits per heavy atom. The Morgan fingerprint density at radius 1 is 1.31 bits per heavy atom. The van der Waals surface area contributed by atoms with E-state index in [-0.39, 0.29) is 0 Å². The van der Waals surface area contributed by atoms with E-state index in [1.807, 2.05) is 5.38 Å². The number of anilines is 1. The number of hydrogen-bond acceptors (Lipinski definition) is 5. The van der Waals surface area contributed by atoms with Gasteiger partial charge in [-0.1, -0.05) is 0 Å². The van der Waals surface area contributed by atoms with E-state index in [1.54, 1.807) is 29.8 Å². The molecule has 0 radical (unpaired) electrons. The number of aromatic nitrogens is 3. The van der Waals surface area contributed by atoms with Crippen molar-refractivity contribution >= 4 is 17.2 Å². The maximum atomic E-state index is 5.52. The number of nitrogens with two attached hydrogens (primary N) is 1. The molecule has 0 amide bonds. The molecule has 0 aliphatic heterocycles. The summed E-state index contributed by atoms with van der Waals surface area (Å²) < 4.78 is 0. The second-order valence-corrected chi connectivity index (χ2v) is 3.48. The fraction of sp³-hybridized carbons (Fsp3) is 0.125. The third-order valence-corrected chi connectivity index (χ3v) is 2.30. The minimum atomic E-state index is 0.501. The number of thiazole rings is 1. The topological polar surface area (TPSA) is 64.7 Å². The van der Waals surface area contributed by atoms with Crippen LogP contribution < -0.4 is 5.73 Å². The summed E-state index contributed by atoms with van der Waals surface area (Å²) in [7, 11) is 0. The van der Waals surface area contributed by atoms with Crippen LogP contribution in [0.15, 0.2) is 23.8 Å². The van der Waals surface area contributed by atoms with Crippen molar-refractivity contribution in [3.05, 3.63) is 34.7 Å². The molecule has 2 heterocycles. The van der Waals surface area contributed by atoms with Crippen molar-refractivity contribution in [2.45, 2.75) is 6.42 Å². The van der Waals surface area contributed by atoms with Crippen LogP contribution in [0, 0.1) is 0 Å². The van der Waals surface area contributed by atoms with Crippen molar-refractivity contribution in [2.24, 2.45) is 0 Å². The Labute approximate surface area is 79.5 Å². The SMILES string of the molecule is Nc1ccnc(Cc2nccs2)n1. The molecule has 0 aliphatic rings. The lowest BCUT2D eigenvalue weighted by Gasteiger charge is -1.96. The van der Waals surface area contributed by atoms with Gasteiger partial charge in [0.2, 0.25) is 0 Å². The lowest BCUT2D eigenvalue weighted by molar-refractivity contribution is 0.963. The van der Waals surface area contributed by atoms with E-state index >= 15 is 0 Å². The summed E-state index contributed by atoms with van der Waals surface area (Å²) in [6.45, 7) is 0. The smallest absolute Gasteiger partial charge is 0.137 e. The summed E-state index contributed by atoms with van der Waals surface area (Å²) >= 11 is 1.59. The highest BCUT2D eigenvalue weighted by atomic mass is 32.1. The van der Waals surface area contributed by atoms with Gasteiger partial charge in [0.05, 0.1) is 6.42 Å². The van der Waals surface area contributed by atoms with Crippen molar-refractivity contribution in [3.63, 3.8) is 0 Å². The molecule has 2 rings (SSSR count). The first-order chi connectivity index (χ1) is 6.34. The molecule has 2 aromatic rings. The van der Waals surface area contributed by atoms with Gasteiger partial charge in [-0.3, -0.25) is 0 Å². The Bertz CT molecular complexity index is 385. The molecular weight excluding hydrogens is 184 g/mol. The molecule has 2 aromatic heterocycles. The van der Waals surface area contributed by atoms with E-state index in [4.69, 9.17) is 5.73 Å². The second kappa shape index (κ2) is 3.49. The lowest BCUT2D eigenvalue weighted by Crippen LogP contribution is -1.99. The Morgan fingerprint density at radius 3 is 2.92 bits per heavy atom. The zero-order chi connectivity index (χ0) is 9.10. The van der Waals surface area contributed by atoms with E-state index in [0.29, 0.717) is 12.2 Å². The first-order valence-electron chi connectivity index (χ1n) is 3.80. The minimum Gasteiger partial charge on any atom is -0.384 e. The van der Waals surface area contributed by atoms with E-state index in [0.717, 1.165) is 10.8 Å². The average Bonchev–Trinajstić information content (AvgIpc) is 2.57. The van der Waals surface area contributed by atoms with E-state index in [2.05, 4.69) is 15.0 Å². The molecule has 0 atom stereocenters. The Hall–Kier alpha value is -1.49. The standard InChI is InChI=1S/C8H8N4S/c9-6-1-2-10-7(12-6)5-8-11-3-4-13-8/h1-4H,5H2,(H2,9,10,12). The fourth-order valence-electron chi connectivity index (χ4n) is 0.976. The maximum absolute atomic E-state index is 5.52. The van der Waals surface area contributed by atoms with Crippen molar-refractivity contribution in [2.75, 3.05) is 5.73 Å². The van der Waals surface area contributed by atoms with Crippen LogP contribution in [0.1, 0.15) is 10.8 Å². The summed E-state index contributed by atoms with van der Waals surface area (Å²) in [6.07, 6.45) is 4.08. The van der Waals surface area contributed by atoms with Gasteiger partial charge >= 0.3 is 0 Å². The molecule has 0 aliphatic carbocycles. The number of hydrogen-bond donors (Lipinski definition) is 1. The van der Waals surface area contributed by atoms with Gasteiger partial charge in [-0.05, 0) is 6.07 Å². The molecule has 66 valence electrons. The zero-order valence-electron chi connectivity index (χ0n) is 6.84. The van der Waals surface area contributed by atoms with Gasteiger partial charge in [0.1, 0.15) is 16.6 Å². The molecule has 2 N–H and O–H groups in total. The van der Waals surface area contributed by atoms with Crippen LogP contribution in [0.5, 0.6) is 0 Å². The Kier molecular flexibility index (Phi) is 2.18. The van der Waals surface area contributed by atoms with Gasteiger partial charge in [0.25, 0.3) is 0 Å². The monoisotopic (exact) mass is 192 g/mol. The van der Waals surface area contributed by atoms with Crippen molar-refractivity contribution in [1.29, 1.82) is 0 Å².